The predicted molar refractivity (Wildman–Crippen MR) is 83.6 cm³/mol. The fourth-order valence-electron chi connectivity index (χ4n) is 1.88. The molecule has 1 atom stereocenters. The number of hydrogen-bond donors (Lipinski definition) is 1. The zero-order chi connectivity index (χ0) is 16.2. The van der Waals surface area contributed by atoms with Crippen LogP contribution in [0.2, 0.25) is 0 Å². The average molecular weight is 431 g/mol. The van der Waals surface area contributed by atoms with E-state index in [2.05, 4.69) is 37.2 Å². The number of benzene rings is 1. The molecule has 21 heavy (non-hydrogen) atoms. The lowest BCUT2D eigenvalue weighted by atomic mass is 10.0. The maximum Gasteiger partial charge on any atom is 0.417 e. The summed E-state index contributed by atoms with van der Waals surface area (Å²) in [5.41, 5.74) is -0.852. The molecule has 0 aromatic heterocycles. The maximum absolute atomic E-state index is 12.8. The van der Waals surface area contributed by atoms with Crippen molar-refractivity contribution >= 4 is 37.8 Å². The molecule has 118 valence electrons. The Labute approximate surface area is 138 Å². The molecule has 1 aromatic rings. The second-order valence-corrected chi connectivity index (χ2v) is 6.65. The minimum Gasteiger partial charge on any atom is -0.348 e. The van der Waals surface area contributed by atoms with Crippen molar-refractivity contribution in [2.45, 2.75) is 32.5 Å². The van der Waals surface area contributed by atoms with Crippen molar-refractivity contribution in [2.75, 3.05) is 5.33 Å². The number of nitrogens with one attached hydrogen (secondary N) is 1. The molecule has 0 saturated heterocycles. The van der Waals surface area contributed by atoms with Crippen LogP contribution in [0.15, 0.2) is 22.7 Å². The van der Waals surface area contributed by atoms with Crippen LogP contribution >= 0.6 is 31.9 Å². The molecular formula is C14H16Br2F3NO. The van der Waals surface area contributed by atoms with Gasteiger partial charge in [0, 0.05) is 21.4 Å². The van der Waals surface area contributed by atoms with Crippen molar-refractivity contribution in [1.29, 1.82) is 0 Å². The Bertz CT molecular complexity index is 503. The van der Waals surface area contributed by atoms with Crippen LogP contribution in [0.1, 0.15) is 36.2 Å². The van der Waals surface area contributed by atoms with Crippen molar-refractivity contribution < 1.29 is 18.0 Å². The number of rotatable bonds is 5. The van der Waals surface area contributed by atoms with Crippen LogP contribution in [0.4, 0.5) is 13.2 Å². The first kappa shape index (κ1) is 18.5. The fourth-order valence-corrected chi connectivity index (χ4v) is 2.78. The molecule has 7 heteroatoms. The summed E-state index contributed by atoms with van der Waals surface area (Å²) in [6, 6.07) is 3.36. The third-order valence-corrected chi connectivity index (χ3v) is 4.28. The Kier molecular flexibility index (Phi) is 6.71. The molecule has 0 aliphatic carbocycles. The largest absolute Gasteiger partial charge is 0.417 e. The highest BCUT2D eigenvalue weighted by Crippen LogP contribution is 2.35. The molecule has 0 aliphatic rings. The molecule has 2 nitrogen and oxygen atoms in total. The van der Waals surface area contributed by atoms with Crippen molar-refractivity contribution in [2.24, 2.45) is 5.92 Å². The van der Waals surface area contributed by atoms with Crippen molar-refractivity contribution in [3.8, 4) is 0 Å². The van der Waals surface area contributed by atoms with Crippen LogP contribution in [0.25, 0.3) is 0 Å². The van der Waals surface area contributed by atoms with Crippen molar-refractivity contribution in [3.63, 3.8) is 0 Å². The number of alkyl halides is 4. The minimum absolute atomic E-state index is 0.000214. The van der Waals surface area contributed by atoms with Crippen LogP contribution in [-0.4, -0.2) is 17.3 Å². The smallest absolute Gasteiger partial charge is 0.348 e. The number of hydrogen-bond acceptors (Lipinski definition) is 1. The summed E-state index contributed by atoms with van der Waals surface area (Å²) in [7, 11) is 0. The van der Waals surface area contributed by atoms with Crippen molar-refractivity contribution in [1.82, 2.24) is 5.32 Å². The number of halogens is 5. The quantitative estimate of drug-likeness (QED) is 0.653. The molecular weight excluding hydrogens is 415 g/mol. The summed E-state index contributed by atoms with van der Waals surface area (Å²) < 4.78 is 38.4. The molecule has 1 rings (SSSR count). The van der Waals surface area contributed by atoms with E-state index in [1.807, 2.05) is 13.8 Å². The molecule has 0 saturated carbocycles. The third kappa shape index (κ3) is 5.62. The summed E-state index contributed by atoms with van der Waals surface area (Å²) in [5.74, 6) is -0.124. The Hall–Kier alpha value is -0.560. The predicted octanol–water partition coefficient (Wildman–Crippen LogP) is 5.01. The maximum atomic E-state index is 12.8. The monoisotopic (exact) mass is 429 g/mol. The van der Waals surface area contributed by atoms with Gasteiger partial charge in [-0.3, -0.25) is 4.79 Å². The molecule has 1 aromatic carbocycles. The highest BCUT2D eigenvalue weighted by atomic mass is 79.9. The molecule has 0 aliphatic heterocycles. The Morgan fingerprint density at radius 3 is 2.43 bits per heavy atom. The van der Waals surface area contributed by atoms with E-state index >= 15 is 0 Å². The van der Waals surface area contributed by atoms with E-state index in [4.69, 9.17) is 0 Å². The van der Waals surface area contributed by atoms with Gasteiger partial charge in [0.1, 0.15) is 0 Å². The van der Waals surface area contributed by atoms with E-state index in [1.165, 1.54) is 12.1 Å². The first-order valence-electron chi connectivity index (χ1n) is 6.38. The molecule has 0 radical (unpaired) electrons. The lowest BCUT2D eigenvalue weighted by Gasteiger charge is -2.19. The van der Waals surface area contributed by atoms with Crippen LogP contribution in [0.3, 0.4) is 0 Å². The molecule has 0 heterocycles. The van der Waals surface area contributed by atoms with Gasteiger partial charge in [0.15, 0.2) is 0 Å². The molecule has 0 bridgehead atoms. The minimum atomic E-state index is -4.50. The van der Waals surface area contributed by atoms with E-state index in [0.717, 1.165) is 12.5 Å². The molecule has 0 spiro atoms. The van der Waals surface area contributed by atoms with Gasteiger partial charge in [-0.25, -0.2) is 0 Å². The van der Waals surface area contributed by atoms with Crippen LogP contribution < -0.4 is 5.32 Å². The van der Waals surface area contributed by atoms with Gasteiger partial charge in [-0.15, -0.1) is 0 Å². The number of amides is 1. The van der Waals surface area contributed by atoms with Gasteiger partial charge >= 0.3 is 6.18 Å². The second-order valence-electron chi connectivity index (χ2n) is 5.15. The summed E-state index contributed by atoms with van der Waals surface area (Å²) in [6.07, 6.45) is -3.75. The van der Waals surface area contributed by atoms with Gasteiger partial charge in [0.05, 0.1) is 5.56 Å². The summed E-state index contributed by atoms with van der Waals surface area (Å²) in [4.78, 5) is 12.1. The van der Waals surface area contributed by atoms with Gasteiger partial charge in [0.25, 0.3) is 5.91 Å². The van der Waals surface area contributed by atoms with E-state index in [0.29, 0.717) is 11.2 Å². The molecule has 0 fully saturated rings. The fraction of sp³-hybridized carbons (Fsp3) is 0.500. The highest BCUT2D eigenvalue weighted by Gasteiger charge is 2.33. The topological polar surface area (TPSA) is 29.1 Å². The number of carbonyl (C=O) groups excluding carboxylic acids is 1. The summed E-state index contributed by atoms with van der Waals surface area (Å²) >= 11 is 6.15. The lowest BCUT2D eigenvalue weighted by Crippen LogP contribution is -2.37. The summed E-state index contributed by atoms with van der Waals surface area (Å²) in [5, 5.41) is 3.30. The first-order chi connectivity index (χ1) is 9.65. The van der Waals surface area contributed by atoms with Crippen LogP contribution in [0, 0.1) is 5.92 Å². The average Bonchev–Trinajstić information content (AvgIpc) is 2.36. The van der Waals surface area contributed by atoms with Gasteiger partial charge in [-0.1, -0.05) is 45.7 Å². The van der Waals surface area contributed by atoms with Gasteiger partial charge in [0.2, 0.25) is 0 Å². The van der Waals surface area contributed by atoms with E-state index in [-0.39, 0.29) is 16.1 Å². The first-order valence-corrected chi connectivity index (χ1v) is 8.30. The van der Waals surface area contributed by atoms with E-state index in [1.54, 1.807) is 0 Å². The van der Waals surface area contributed by atoms with Crippen LogP contribution in [0.5, 0.6) is 0 Å². The van der Waals surface area contributed by atoms with Gasteiger partial charge in [-0.05, 0) is 30.5 Å². The Balaban J connectivity index is 2.93. The zero-order valence-corrected chi connectivity index (χ0v) is 14.8. The lowest BCUT2D eigenvalue weighted by molar-refractivity contribution is -0.138. The SMILES string of the molecule is CC(C)CC(CBr)NC(=O)c1ccc(Br)c(C(F)(F)F)c1. The third-order valence-electron chi connectivity index (χ3n) is 2.81. The summed E-state index contributed by atoms with van der Waals surface area (Å²) in [6.45, 7) is 4.03. The molecule has 1 amide bonds. The Morgan fingerprint density at radius 1 is 1.33 bits per heavy atom. The normalized spacial score (nSPS) is 13.3. The van der Waals surface area contributed by atoms with Crippen molar-refractivity contribution in [3.05, 3.63) is 33.8 Å². The highest BCUT2D eigenvalue weighted by molar-refractivity contribution is 9.10. The van der Waals surface area contributed by atoms with E-state index < -0.39 is 17.6 Å². The van der Waals surface area contributed by atoms with E-state index in [9.17, 15) is 18.0 Å². The second kappa shape index (κ2) is 7.63. The van der Waals surface area contributed by atoms with Crippen LogP contribution in [-0.2, 0) is 6.18 Å². The zero-order valence-electron chi connectivity index (χ0n) is 11.6. The van der Waals surface area contributed by atoms with Gasteiger partial charge < -0.3 is 5.32 Å². The van der Waals surface area contributed by atoms with Gasteiger partial charge in [-0.2, -0.15) is 13.2 Å². The number of carbonyl (C=O) groups is 1. The standard InChI is InChI=1S/C14H16Br2F3NO/c1-8(2)5-10(7-15)20-13(21)9-3-4-12(16)11(6-9)14(17,18)19/h3-4,6,8,10H,5,7H2,1-2H3,(H,20,21). The molecule has 1 N–H and O–H groups in total. The Morgan fingerprint density at radius 2 is 1.95 bits per heavy atom. The molecule has 1 unspecified atom stereocenters.